The Bertz CT molecular complexity index is 258. The Kier molecular flexibility index (Phi) is 5.77. The van der Waals surface area contributed by atoms with Crippen LogP contribution in [0.2, 0.25) is 0 Å². The minimum atomic E-state index is -1.20. The van der Waals surface area contributed by atoms with Crippen LogP contribution in [0.4, 0.5) is 0 Å². The van der Waals surface area contributed by atoms with E-state index in [1.54, 1.807) is 0 Å². The van der Waals surface area contributed by atoms with E-state index in [-0.39, 0.29) is 13.0 Å². The van der Waals surface area contributed by atoms with Crippen LogP contribution in [0, 0.1) is 0 Å². The third kappa shape index (κ3) is 8.25. The van der Waals surface area contributed by atoms with Crippen LogP contribution in [0.5, 0.6) is 0 Å². The molecule has 78 valence electrons. The number of carboxylic acids is 2. The maximum absolute atomic E-state index is 10.8. The summed E-state index contributed by atoms with van der Waals surface area (Å²) in [6.07, 6.45) is 1.89. The number of rotatable bonds is 6. The molecule has 14 heavy (non-hydrogen) atoms. The second kappa shape index (κ2) is 6.64. The molecule has 6 nitrogen and oxygen atoms in total. The quantitative estimate of drug-likeness (QED) is 0.401. The summed E-state index contributed by atoms with van der Waals surface area (Å²) in [5.41, 5.74) is 0. The lowest BCUT2D eigenvalue weighted by atomic mass is 10.3. The smallest absolute Gasteiger partial charge is 0.328 e. The molecule has 0 saturated carbocycles. The Balaban J connectivity index is 3.55. The van der Waals surface area contributed by atoms with Gasteiger partial charge in [-0.3, -0.25) is 9.59 Å². The zero-order valence-electron chi connectivity index (χ0n) is 7.40. The first-order valence-corrected chi connectivity index (χ1v) is 3.93. The molecule has 0 spiro atoms. The van der Waals surface area contributed by atoms with E-state index in [4.69, 9.17) is 10.2 Å². The number of amides is 1. The molecule has 0 radical (unpaired) electrons. The molecule has 0 heterocycles. The minimum absolute atomic E-state index is 0.0249. The van der Waals surface area contributed by atoms with Crippen LogP contribution in [0.15, 0.2) is 12.2 Å². The zero-order valence-corrected chi connectivity index (χ0v) is 7.40. The van der Waals surface area contributed by atoms with E-state index in [9.17, 15) is 14.4 Å². The second-order valence-corrected chi connectivity index (χ2v) is 2.46. The Morgan fingerprint density at radius 1 is 1.14 bits per heavy atom. The van der Waals surface area contributed by atoms with Crippen LogP contribution >= 0.6 is 0 Å². The zero-order chi connectivity index (χ0) is 11.0. The van der Waals surface area contributed by atoms with Gasteiger partial charge in [-0.15, -0.1) is 0 Å². The first-order chi connectivity index (χ1) is 6.52. The first-order valence-electron chi connectivity index (χ1n) is 3.93. The molecule has 1 amide bonds. The summed E-state index contributed by atoms with van der Waals surface area (Å²) >= 11 is 0. The molecular formula is C8H11NO5. The van der Waals surface area contributed by atoms with Gasteiger partial charge >= 0.3 is 11.9 Å². The van der Waals surface area contributed by atoms with E-state index in [2.05, 4.69) is 5.32 Å². The lowest BCUT2D eigenvalue weighted by Crippen LogP contribution is -2.22. The molecule has 0 fully saturated rings. The Morgan fingerprint density at radius 3 is 2.29 bits per heavy atom. The van der Waals surface area contributed by atoms with Crippen molar-refractivity contribution in [2.45, 2.75) is 12.8 Å². The molecule has 6 heteroatoms. The molecule has 0 aliphatic heterocycles. The summed E-state index contributed by atoms with van der Waals surface area (Å²) in [5, 5.41) is 18.8. The van der Waals surface area contributed by atoms with E-state index in [0.29, 0.717) is 12.5 Å². The topological polar surface area (TPSA) is 104 Å². The van der Waals surface area contributed by atoms with E-state index in [0.717, 1.165) is 6.08 Å². The van der Waals surface area contributed by atoms with Crippen molar-refractivity contribution in [2.75, 3.05) is 6.54 Å². The molecule has 0 unspecified atom stereocenters. The van der Waals surface area contributed by atoms with Crippen LogP contribution in [0.1, 0.15) is 12.8 Å². The van der Waals surface area contributed by atoms with E-state index in [1.165, 1.54) is 0 Å². The molecule has 0 saturated heterocycles. The number of carbonyl (C=O) groups excluding carboxylic acids is 1. The number of hydrogen-bond acceptors (Lipinski definition) is 3. The van der Waals surface area contributed by atoms with Gasteiger partial charge in [-0.1, -0.05) is 0 Å². The summed E-state index contributed by atoms with van der Waals surface area (Å²) in [6, 6.07) is 0. The van der Waals surface area contributed by atoms with Crippen molar-refractivity contribution in [2.24, 2.45) is 0 Å². The van der Waals surface area contributed by atoms with Gasteiger partial charge in [0, 0.05) is 25.1 Å². The fraction of sp³-hybridized carbons (Fsp3) is 0.375. The SMILES string of the molecule is O=C(O)/C=C\C(=O)NCCCC(=O)O. The van der Waals surface area contributed by atoms with Gasteiger partial charge in [-0.2, -0.15) is 0 Å². The fourth-order valence-corrected chi connectivity index (χ4v) is 0.657. The van der Waals surface area contributed by atoms with Gasteiger partial charge < -0.3 is 15.5 Å². The van der Waals surface area contributed by atoms with Crippen molar-refractivity contribution >= 4 is 17.8 Å². The molecule has 0 atom stereocenters. The van der Waals surface area contributed by atoms with E-state index in [1.807, 2.05) is 0 Å². The van der Waals surface area contributed by atoms with Crippen LogP contribution < -0.4 is 5.32 Å². The van der Waals surface area contributed by atoms with Crippen molar-refractivity contribution in [3.63, 3.8) is 0 Å². The van der Waals surface area contributed by atoms with Gasteiger partial charge in [-0.05, 0) is 6.42 Å². The number of aliphatic carboxylic acids is 2. The van der Waals surface area contributed by atoms with Crippen molar-refractivity contribution in [1.82, 2.24) is 5.32 Å². The lowest BCUT2D eigenvalue weighted by Gasteiger charge is -1.98. The van der Waals surface area contributed by atoms with Gasteiger partial charge in [0.2, 0.25) is 5.91 Å². The van der Waals surface area contributed by atoms with Crippen LogP contribution in [-0.4, -0.2) is 34.6 Å². The average molecular weight is 201 g/mol. The van der Waals surface area contributed by atoms with Gasteiger partial charge in [-0.25, -0.2) is 4.79 Å². The monoisotopic (exact) mass is 201 g/mol. The molecule has 0 aliphatic carbocycles. The van der Waals surface area contributed by atoms with Crippen molar-refractivity contribution in [3.05, 3.63) is 12.2 Å². The second-order valence-electron chi connectivity index (χ2n) is 2.46. The first kappa shape index (κ1) is 12.2. The summed E-state index contributed by atoms with van der Waals surface area (Å²) in [4.78, 5) is 30.8. The Morgan fingerprint density at radius 2 is 1.79 bits per heavy atom. The van der Waals surface area contributed by atoms with Crippen molar-refractivity contribution < 1.29 is 24.6 Å². The number of hydrogen-bond donors (Lipinski definition) is 3. The van der Waals surface area contributed by atoms with Gasteiger partial charge in [0.25, 0.3) is 0 Å². The highest BCUT2D eigenvalue weighted by Gasteiger charge is 1.98. The number of carbonyl (C=O) groups is 3. The number of carboxylic acid groups (broad SMARTS) is 2. The fourth-order valence-electron chi connectivity index (χ4n) is 0.657. The van der Waals surface area contributed by atoms with Crippen LogP contribution in [0.25, 0.3) is 0 Å². The van der Waals surface area contributed by atoms with E-state index >= 15 is 0 Å². The summed E-state index contributed by atoms with van der Waals surface area (Å²) < 4.78 is 0. The molecule has 0 rings (SSSR count). The summed E-state index contributed by atoms with van der Waals surface area (Å²) in [5.74, 6) is -2.68. The molecule has 0 aromatic carbocycles. The minimum Gasteiger partial charge on any atom is -0.481 e. The molecule has 0 aromatic rings. The van der Waals surface area contributed by atoms with Gasteiger partial charge in [0.15, 0.2) is 0 Å². The third-order valence-electron chi connectivity index (χ3n) is 1.24. The number of nitrogens with one attached hydrogen (secondary N) is 1. The molecule has 0 bridgehead atoms. The maximum atomic E-state index is 10.8. The predicted molar refractivity (Wildman–Crippen MR) is 46.7 cm³/mol. The summed E-state index contributed by atoms with van der Waals surface area (Å²) in [6.45, 7) is 0.217. The third-order valence-corrected chi connectivity index (χ3v) is 1.24. The Labute approximate surface area is 80.2 Å². The van der Waals surface area contributed by atoms with Gasteiger partial charge in [0.1, 0.15) is 0 Å². The average Bonchev–Trinajstić information content (AvgIpc) is 2.08. The lowest BCUT2D eigenvalue weighted by molar-refractivity contribution is -0.137. The Hall–Kier alpha value is -1.85. The van der Waals surface area contributed by atoms with Crippen molar-refractivity contribution in [3.8, 4) is 0 Å². The summed E-state index contributed by atoms with van der Waals surface area (Å²) in [7, 11) is 0. The van der Waals surface area contributed by atoms with E-state index < -0.39 is 17.8 Å². The predicted octanol–water partition coefficient (Wildman–Crippen LogP) is -0.392. The molecule has 3 N–H and O–H groups in total. The maximum Gasteiger partial charge on any atom is 0.328 e. The standard InChI is InChI=1S/C8H11NO5/c10-6(3-4-8(13)14)9-5-1-2-7(11)12/h3-4H,1-2,5H2,(H,9,10)(H,11,12)(H,13,14)/b4-3-. The highest BCUT2D eigenvalue weighted by atomic mass is 16.4. The molecule has 0 aromatic heterocycles. The normalized spacial score (nSPS) is 10.0. The van der Waals surface area contributed by atoms with Crippen LogP contribution in [0.3, 0.4) is 0 Å². The highest BCUT2D eigenvalue weighted by Crippen LogP contribution is 1.86. The van der Waals surface area contributed by atoms with Crippen LogP contribution in [-0.2, 0) is 14.4 Å². The highest BCUT2D eigenvalue weighted by molar-refractivity contribution is 5.93. The molecular weight excluding hydrogens is 190 g/mol. The van der Waals surface area contributed by atoms with Gasteiger partial charge in [0.05, 0.1) is 0 Å². The molecule has 0 aliphatic rings. The largest absolute Gasteiger partial charge is 0.481 e. The van der Waals surface area contributed by atoms with Crippen molar-refractivity contribution in [1.29, 1.82) is 0 Å².